The first kappa shape index (κ1) is 12.4. The molecule has 0 aromatic carbocycles. The Morgan fingerprint density at radius 2 is 2.40 bits per heavy atom. The van der Waals surface area contributed by atoms with Gasteiger partial charge in [0.2, 0.25) is 5.95 Å². The van der Waals surface area contributed by atoms with E-state index in [1.807, 2.05) is 0 Å². The number of anilines is 1. The number of methoxy groups -OCH3 is 1. The van der Waals surface area contributed by atoms with Gasteiger partial charge in [-0.05, 0) is 0 Å². The van der Waals surface area contributed by atoms with E-state index in [1.54, 1.807) is 0 Å². The quantitative estimate of drug-likeness (QED) is 0.711. The SMILES string of the molecule is CO[C@@H](C1COC(=O)O1)n1cnc2c(=O)[nH]c(N)nc21. The summed E-state index contributed by atoms with van der Waals surface area (Å²) in [7, 11) is 1.43. The number of nitrogens with zero attached hydrogens (tertiary/aromatic N) is 3. The molecule has 10 heteroatoms. The maximum atomic E-state index is 11.7. The fourth-order valence-corrected chi connectivity index (χ4v) is 2.06. The van der Waals surface area contributed by atoms with Gasteiger partial charge in [0.15, 0.2) is 23.5 Å². The van der Waals surface area contributed by atoms with Gasteiger partial charge in [-0.25, -0.2) is 9.78 Å². The molecule has 2 aromatic rings. The molecule has 1 unspecified atom stereocenters. The summed E-state index contributed by atoms with van der Waals surface area (Å²) in [5.41, 5.74) is 5.41. The Labute approximate surface area is 111 Å². The molecule has 1 aliphatic heterocycles. The molecule has 10 nitrogen and oxygen atoms in total. The lowest BCUT2D eigenvalue weighted by Crippen LogP contribution is -2.28. The molecule has 3 N–H and O–H groups in total. The summed E-state index contributed by atoms with van der Waals surface area (Å²) in [6.45, 7) is 0.0374. The molecule has 2 atom stereocenters. The zero-order valence-corrected chi connectivity index (χ0v) is 10.4. The molecule has 0 saturated carbocycles. The number of hydrogen-bond donors (Lipinski definition) is 2. The van der Waals surface area contributed by atoms with Gasteiger partial charge in [-0.3, -0.25) is 14.3 Å². The third-order valence-electron chi connectivity index (χ3n) is 2.90. The minimum Gasteiger partial charge on any atom is -0.430 e. The molecule has 0 spiro atoms. The highest BCUT2D eigenvalue weighted by Gasteiger charge is 2.35. The second-order valence-electron chi connectivity index (χ2n) is 4.12. The Morgan fingerprint density at radius 1 is 1.60 bits per heavy atom. The van der Waals surface area contributed by atoms with Crippen molar-refractivity contribution in [2.24, 2.45) is 0 Å². The lowest BCUT2D eigenvalue weighted by Gasteiger charge is -2.20. The van der Waals surface area contributed by atoms with Crippen LogP contribution in [-0.2, 0) is 14.2 Å². The van der Waals surface area contributed by atoms with Crippen LogP contribution in [0, 0.1) is 0 Å². The zero-order valence-electron chi connectivity index (χ0n) is 10.4. The van der Waals surface area contributed by atoms with Gasteiger partial charge in [-0.2, -0.15) is 4.98 Å². The van der Waals surface area contributed by atoms with Crippen LogP contribution < -0.4 is 11.3 Å². The summed E-state index contributed by atoms with van der Waals surface area (Å²) in [6, 6.07) is 0. The maximum absolute atomic E-state index is 11.7. The smallest absolute Gasteiger partial charge is 0.430 e. The van der Waals surface area contributed by atoms with Crippen LogP contribution in [0.25, 0.3) is 11.2 Å². The lowest BCUT2D eigenvalue weighted by atomic mass is 10.3. The summed E-state index contributed by atoms with van der Waals surface area (Å²) < 4.78 is 16.4. The van der Waals surface area contributed by atoms with Crippen molar-refractivity contribution in [3.63, 3.8) is 0 Å². The number of cyclic esters (lactones) is 2. The fraction of sp³-hybridized carbons (Fsp3) is 0.400. The first-order chi connectivity index (χ1) is 9.60. The largest absolute Gasteiger partial charge is 0.508 e. The number of nitrogens with two attached hydrogens (primary N) is 1. The summed E-state index contributed by atoms with van der Waals surface area (Å²) in [4.78, 5) is 33.0. The highest BCUT2D eigenvalue weighted by atomic mass is 16.8. The van der Waals surface area contributed by atoms with E-state index in [0.29, 0.717) is 0 Å². The normalized spacial score (nSPS) is 19.9. The summed E-state index contributed by atoms with van der Waals surface area (Å²) >= 11 is 0. The first-order valence-electron chi connectivity index (χ1n) is 5.68. The van der Waals surface area contributed by atoms with Crippen molar-refractivity contribution < 1.29 is 19.0 Å². The molecule has 0 amide bonds. The number of nitrogen functional groups attached to an aromatic ring is 1. The van der Waals surface area contributed by atoms with Crippen LogP contribution in [0.1, 0.15) is 6.23 Å². The lowest BCUT2D eigenvalue weighted by molar-refractivity contribution is -0.0429. The predicted octanol–water partition coefficient (Wildman–Crippen LogP) is -0.618. The molecule has 0 aliphatic carbocycles. The van der Waals surface area contributed by atoms with E-state index in [1.165, 1.54) is 18.0 Å². The highest BCUT2D eigenvalue weighted by Crippen LogP contribution is 2.23. The molecular formula is C10H11N5O5. The first-order valence-corrected chi connectivity index (χ1v) is 5.68. The van der Waals surface area contributed by atoms with Crippen LogP contribution in [0.4, 0.5) is 10.7 Å². The molecule has 0 radical (unpaired) electrons. The Hall–Kier alpha value is -2.62. The second kappa shape index (κ2) is 4.49. The van der Waals surface area contributed by atoms with E-state index in [0.717, 1.165) is 0 Å². The van der Waals surface area contributed by atoms with Crippen molar-refractivity contribution in [3.8, 4) is 0 Å². The summed E-state index contributed by atoms with van der Waals surface area (Å²) in [5.74, 6) is -0.0428. The number of aromatic nitrogens is 4. The van der Waals surface area contributed by atoms with Crippen LogP contribution in [0.15, 0.2) is 11.1 Å². The number of carbonyl (C=O) groups is 1. The minimum absolute atomic E-state index is 0.0374. The van der Waals surface area contributed by atoms with Gasteiger partial charge >= 0.3 is 6.16 Å². The van der Waals surface area contributed by atoms with Crippen molar-refractivity contribution in [2.45, 2.75) is 12.3 Å². The van der Waals surface area contributed by atoms with Gasteiger partial charge < -0.3 is 19.9 Å². The Bertz CT molecular complexity index is 722. The van der Waals surface area contributed by atoms with Gasteiger partial charge in [0.05, 0.1) is 6.33 Å². The average Bonchev–Trinajstić information content (AvgIpc) is 2.99. The molecule has 106 valence electrons. The number of aromatic amines is 1. The highest BCUT2D eigenvalue weighted by molar-refractivity contribution is 5.70. The van der Waals surface area contributed by atoms with Gasteiger partial charge in [0.25, 0.3) is 5.56 Å². The third kappa shape index (κ3) is 1.86. The number of imidazole rings is 1. The Kier molecular flexibility index (Phi) is 2.79. The minimum atomic E-state index is -0.771. The van der Waals surface area contributed by atoms with Crippen LogP contribution in [-0.4, -0.2) is 45.5 Å². The van der Waals surface area contributed by atoms with Crippen LogP contribution in [0.3, 0.4) is 0 Å². The number of carbonyl (C=O) groups excluding carboxylic acids is 1. The number of fused-ring (bicyclic) bond motifs is 1. The van der Waals surface area contributed by atoms with Gasteiger partial charge in [-0.15, -0.1) is 0 Å². The molecule has 20 heavy (non-hydrogen) atoms. The molecule has 1 aliphatic rings. The monoisotopic (exact) mass is 281 g/mol. The predicted molar refractivity (Wildman–Crippen MR) is 64.8 cm³/mol. The number of nitrogens with one attached hydrogen (secondary N) is 1. The molecule has 3 rings (SSSR count). The zero-order chi connectivity index (χ0) is 14.3. The molecule has 1 saturated heterocycles. The van der Waals surface area contributed by atoms with Crippen LogP contribution in [0.2, 0.25) is 0 Å². The van der Waals surface area contributed by atoms with Crippen molar-refractivity contribution in [1.29, 1.82) is 0 Å². The van der Waals surface area contributed by atoms with E-state index in [4.69, 9.17) is 19.9 Å². The van der Waals surface area contributed by atoms with E-state index in [-0.39, 0.29) is 23.7 Å². The van der Waals surface area contributed by atoms with Crippen LogP contribution >= 0.6 is 0 Å². The Morgan fingerprint density at radius 3 is 3.05 bits per heavy atom. The second-order valence-corrected chi connectivity index (χ2v) is 4.12. The molecule has 1 fully saturated rings. The maximum Gasteiger partial charge on any atom is 0.508 e. The topological polar surface area (TPSA) is 134 Å². The summed E-state index contributed by atoms with van der Waals surface area (Å²) in [5, 5.41) is 0. The molecular weight excluding hydrogens is 270 g/mol. The van der Waals surface area contributed by atoms with Crippen molar-refractivity contribution in [3.05, 3.63) is 16.7 Å². The third-order valence-corrected chi connectivity index (χ3v) is 2.90. The van der Waals surface area contributed by atoms with E-state index in [2.05, 4.69) is 15.0 Å². The standard InChI is InChI=1S/C10H11N5O5/c1-18-8(4-2-19-10(17)20-4)15-3-12-5-6(15)13-9(11)14-7(5)16/h3-4,8H,2H2,1H3,(H3,11,13,14,16)/t4?,8-/m0/s1. The fourth-order valence-electron chi connectivity index (χ4n) is 2.06. The number of H-pyrrole nitrogens is 1. The molecule has 0 bridgehead atoms. The van der Waals surface area contributed by atoms with E-state index < -0.39 is 24.0 Å². The summed E-state index contributed by atoms with van der Waals surface area (Å²) in [6.07, 6.45) is -0.786. The Balaban J connectivity index is 2.08. The molecule has 3 heterocycles. The van der Waals surface area contributed by atoms with E-state index in [9.17, 15) is 9.59 Å². The number of hydrogen-bond acceptors (Lipinski definition) is 8. The number of rotatable bonds is 3. The average molecular weight is 281 g/mol. The van der Waals surface area contributed by atoms with Crippen molar-refractivity contribution >= 4 is 23.3 Å². The van der Waals surface area contributed by atoms with Gasteiger partial charge in [0.1, 0.15) is 6.61 Å². The van der Waals surface area contributed by atoms with Crippen LogP contribution in [0.5, 0.6) is 0 Å². The molecule has 2 aromatic heterocycles. The van der Waals surface area contributed by atoms with Crippen molar-refractivity contribution in [1.82, 2.24) is 19.5 Å². The van der Waals surface area contributed by atoms with Gasteiger partial charge in [-0.1, -0.05) is 0 Å². The van der Waals surface area contributed by atoms with Crippen molar-refractivity contribution in [2.75, 3.05) is 19.5 Å². The van der Waals surface area contributed by atoms with E-state index >= 15 is 0 Å². The van der Waals surface area contributed by atoms with Gasteiger partial charge in [0, 0.05) is 7.11 Å². The number of ether oxygens (including phenoxy) is 3.